The van der Waals surface area contributed by atoms with E-state index in [9.17, 15) is 0 Å². The van der Waals surface area contributed by atoms with Crippen molar-refractivity contribution < 1.29 is 0 Å². The van der Waals surface area contributed by atoms with Crippen molar-refractivity contribution in [2.45, 2.75) is 24.9 Å². The van der Waals surface area contributed by atoms with Crippen LogP contribution in [-0.2, 0) is 0 Å². The van der Waals surface area contributed by atoms with E-state index in [4.69, 9.17) is 11.1 Å². The van der Waals surface area contributed by atoms with Crippen molar-refractivity contribution in [1.82, 2.24) is 0 Å². The van der Waals surface area contributed by atoms with Crippen LogP contribution in [0.2, 0.25) is 0 Å². The molecule has 12 heavy (non-hydrogen) atoms. The molecule has 0 fully saturated rings. The van der Waals surface area contributed by atoms with Gasteiger partial charge in [0.2, 0.25) is 0 Å². The summed E-state index contributed by atoms with van der Waals surface area (Å²) in [5, 5.41) is 7.10. The third-order valence-electron chi connectivity index (χ3n) is 1.77. The Morgan fingerprint density at radius 1 is 1.00 bits per heavy atom. The minimum absolute atomic E-state index is 0.212. The van der Waals surface area contributed by atoms with Crippen LogP contribution in [0.4, 0.5) is 0 Å². The third kappa shape index (κ3) is 1.92. The van der Waals surface area contributed by atoms with Gasteiger partial charge in [0.05, 0.1) is 0 Å². The first-order valence-corrected chi connectivity index (χ1v) is 3.62. The first-order chi connectivity index (χ1) is 5.88. The molecular formula is C6H8N6. The van der Waals surface area contributed by atoms with E-state index in [0.29, 0.717) is 12.8 Å². The molecule has 0 saturated heterocycles. The van der Waals surface area contributed by atoms with Gasteiger partial charge in [0.25, 0.3) is 0 Å². The summed E-state index contributed by atoms with van der Waals surface area (Å²) >= 11 is 0. The maximum absolute atomic E-state index is 8.20. The highest BCUT2D eigenvalue weighted by molar-refractivity contribution is 5.01. The average molecular weight is 164 g/mol. The highest BCUT2D eigenvalue weighted by Gasteiger charge is 2.19. The first kappa shape index (κ1) is 8.46. The van der Waals surface area contributed by atoms with Gasteiger partial charge in [-0.1, -0.05) is 22.4 Å². The molecule has 0 N–H and O–H groups in total. The van der Waals surface area contributed by atoms with E-state index < -0.39 is 0 Å². The molecule has 62 valence electrons. The maximum Gasteiger partial charge on any atom is 0.0495 e. The van der Waals surface area contributed by atoms with E-state index in [2.05, 4.69) is 20.1 Å². The summed E-state index contributed by atoms with van der Waals surface area (Å²) in [5.41, 5.74) is 16.4. The van der Waals surface area contributed by atoms with E-state index in [-0.39, 0.29) is 12.1 Å². The fourth-order valence-electron chi connectivity index (χ4n) is 1.17. The molecule has 0 aromatic heterocycles. The number of azide groups is 2. The van der Waals surface area contributed by atoms with Crippen LogP contribution < -0.4 is 0 Å². The van der Waals surface area contributed by atoms with Crippen molar-refractivity contribution in [3.05, 3.63) is 33.0 Å². The van der Waals surface area contributed by atoms with Gasteiger partial charge in [0.1, 0.15) is 0 Å². The standard InChI is InChI=1S/C6H8N6/c7-11-9-5-3-1-2-4-6(5)10-12-8/h1-2,5-6H,3-4H2/t5-,6+. The zero-order chi connectivity index (χ0) is 8.81. The van der Waals surface area contributed by atoms with E-state index in [0.717, 1.165) is 0 Å². The van der Waals surface area contributed by atoms with Crippen molar-refractivity contribution in [1.29, 1.82) is 0 Å². The highest BCUT2D eigenvalue weighted by Crippen LogP contribution is 2.18. The Hall–Kier alpha value is -1.64. The molecule has 0 spiro atoms. The zero-order valence-corrected chi connectivity index (χ0v) is 6.41. The van der Waals surface area contributed by atoms with Gasteiger partial charge >= 0.3 is 0 Å². The second-order valence-corrected chi connectivity index (χ2v) is 2.49. The Balaban J connectivity index is 2.74. The number of rotatable bonds is 2. The molecule has 0 aromatic rings. The molecule has 2 atom stereocenters. The predicted molar refractivity (Wildman–Crippen MR) is 44.2 cm³/mol. The van der Waals surface area contributed by atoms with Crippen molar-refractivity contribution in [3.8, 4) is 0 Å². The minimum atomic E-state index is -0.212. The summed E-state index contributed by atoms with van der Waals surface area (Å²) < 4.78 is 0. The molecule has 0 bridgehead atoms. The Morgan fingerprint density at radius 2 is 1.42 bits per heavy atom. The number of hydrogen-bond acceptors (Lipinski definition) is 2. The second-order valence-electron chi connectivity index (χ2n) is 2.49. The summed E-state index contributed by atoms with van der Waals surface area (Å²) in [7, 11) is 0. The number of hydrogen-bond donors (Lipinski definition) is 0. The van der Waals surface area contributed by atoms with Crippen LogP contribution in [0.3, 0.4) is 0 Å². The van der Waals surface area contributed by atoms with Gasteiger partial charge < -0.3 is 0 Å². The van der Waals surface area contributed by atoms with Crippen LogP contribution in [0.15, 0.2) is 22.4 Å². The third-order valence-corrected chi connectivity index (χ3v) is 1.77. The highest BCUT2D eigenvalue weighted by atomic mass is 15.2. The van der Waals surface area contributed by atoms with E-state index >= 15 is 0 Å². The summed E-state index contributed by atoms with van der Waals surface area (Å²) in [6.07, 6.45) is 5.19. The second kappa shape index (κ2) is 4.28. The Morgan fingerprint density at radius 3 is 1.75 bits per heavy atom. The van der Waals surface area contributed by atoms with Gasteiger partial charge in [-0.2, -0.15) is 0 Å². The van der Waals surface area contributed by atoms with Crippen LogP contribution in [0.5, 0.6) is 0 Å². The molecule has 1 aliphatic carbocycles. The summed E-state index contributed by atoms with van der Waals surface area (Å²) in [4.78, 5) is 5.40. The Kier molecular flexibility index (Phi) is 3.02. The van der Waals surface area contributed by atoms with E-state index in [1.54, 1.807) is 0 Å². The number of nitrogens with zero attached hydrogens (tertiary/aromatic N) is 6. The maximum atomic E-state index is 8.20. The largest absolute Gasteiger partial charge is 0.0899 e. The first-order valence-electron chi connectivity index (χ1n) is 3.62. The van der Waals surface area contributed by atoms with Gasteiger partial charge in [-0.05, 0) is 23.9 Å². The molecule has 0 saturated carbocycles. The van der Waals surface area contributed by atoms with E-state index in [1.807, 2.05) is 12.2 Å². The summed E-state index contributed by atoms with van der Waals surface area (Å²) in [6.45, 7) is 0. The zero-order valence-electron chi connectivity index (χ0n) is 6.41. The van der Waals surface area contributed by atoms with Crippen LogP contribution in [0, 0.1) is 0 Å². The van der Waals surface area contributed by atoms with Crippen LogP contribution in [0.25, 0.3) is 20.9 Å². The van der Waals surface area contributed by atoms with Gasteiger partial charge in [-0.15, -0.1) is 0 Å². The molecule has 0 unspecified atom stereocenters. The summed E-state index contributed by atoms with van der Waals surface area (Å²) in [5.74, 6) is 0. The van der Waals surface area contributed by atoms with Crippen molar-refractivity contribution in [3.63, 3.8) is 0 Å². The van der Waals surface area contributed by atoms with Gasteiger partial charge in [0, 0.05) is 21.9 Å². The lowest BCUT2D eigenvalue weighted by Crippen LogP contribution is -2.22. The molecule has 6 heteroatoms. The fraction of sp³-hybridized carbons (Fsp3) is 0.667. The lowest BCUT2D eigenvalue weighted by Gasteiger charge is -2.19. The van der Waals surface area contributed by atoms with Crippen LogP contribution >= 0.6 is 0 Å². The average Bonchev–Trinajstić information content (AvgIpc) is 2.09. The lowest BCUT2D eigenvalue weighted by molar-refractivity contribution is 0.512. The Labute approximate surface area is 69.1 Å². The SMILES string of the molecule is [N-]=[N+]=N[C@H]1CC=CC[C@H]1N=[N+]=[N-]. The topological polar surface area (TPSA) is 97.5 Å². The normalized spacial score (nSPS) is 27.0. The molecule has 0 aromatic carbocycles. The summed E-state index contributed by atoms with van der Waals surface area (Å²) in [6, 6.07) is -0.424. The molecular weight excluding hydrogens is 156 g/mol. The molecule has 1 rings (SSSR count). The lowest BCUT2D eigenvalue weighted by atomic mass is 9.98. The van der Waals surface area contributed by atoms with Gasteiger partial charge in [-0.3, -0.25) is 0 Å². The van der Waals surface area contributed by atoms with Crippen LogP contribution in [-0.4, -0.2) is 12.1 Å². The fourth-order valence-corrected chi connectivity index (χ4v) is 1.17. The molecule has 0 heterocycles. The Bertz CT molecular complexity index is 242. The van der Waals surface area contributed by atoms with Crippen LogP contribution in [0.1, 0.15) is 12.8 Å². The molecule has 0 amide bonds. The predicted octanol–water partition coefficient (Wildman–Crippen LogP) is 2.69. The smallest absolute Gasteiger partial charge is 0.0495 e. The molecule has 6 nitrogen and oxygen atoms in total. The van der Waals surface area contributed by atoms with Crippen molar-refractivity contribution in [2.24, 2.45) is 10.2 Å². The molecule has 0 radical (unpaired) electrons. The monoisotopic (exact) mass is 164 g/mol. The van der Waals surface area contributed by atoms with Gasteiger partial charge in [0.15, 0.2) is 0 Å². The van der Waals surface area contributed by atoms with Crippen molar-refractivity contribution in [2.75, 3.05) is 0 Å². The van der Waals surface area contributed by atoms with E-state index in [1.165, 1.54) is 0 Å². The quantitative estimate of drug-likeness (QED) is 0.259. The van der Waals surface area contributed by atoms with Gasteiger partial charge in [-0.25, -0.2) is 0 Å². The molecule has 0 aliphatic heterocycles. The minimum Gasteiger partial charge on any atom is -0.0899 e. The van der Waals surface area contributed by atoms with Crippen molar-refractivity contribution >= 4 is 0 Å². The molecule has 1 aliphatic rings.